The van der Waals surface area contributed by atoms with Crippen molar-refractivity contribution in [1.82, 2.24) is 0 Å². The highest BCUT2D eigenvalue weighted by atomic mass is 16.5. The Morgan fingerprint density at radius 1 is 0.913 bits per heavy atom. The van der Waals surface area contributed by atoms with Gasteiger partial charge in [-0.25, -0.2) is 0 Å². The van der Waals surface area contributed by atoms with E-state index in [1.807, 2.05) is 6.07 Å². The minimum atomic E-state index is -0.431. The van der Waals surface area contributed by atoms with E-state index in [0.717, 1.165) is 0 Å². The number of carbonyl (C=O) groups is 2. The summed E-state index contributed by atoms with van der Waals surface area (Å²) in [4.78, 5) is 24.4. The van der Waals surface area contributed by atoms with Gasteiger partial charge >= 0.3 is 5.97 Å². The van der Waals surface area contributed by atoms with Crippen LogP contribution in [0.25, 0.3) is 0 Å². The quantitative estimate of drug-likeness (QED) is 0.465. The lowest BCUT2D eigenvalue weighted by Crippen LogP contribution is -2.11. The fraction of sp³-hybridized carbons (Fsp3) is 0.222. The summed E-state index contributed by atoms with van der Waals surface area (Å²) in [5, 5.41) is 0. The van der Waals surface area contributed by atoms with Gasteiger partial charge in [-0.15, -0.1) is 0 Å². The summed E-state index contributed by atoms with van der Waals surface area (Å²) in [5.74, 6) is 0.243. The zero-order chi connectivity index (χ0) is 16.8. The van der Waals surface area contributed by atoms with Crippen LogP contribution in [0.3, 0.4) is 0 Å². The summed E-state index contributed by atoms with van der Waals surface area (Å²) < 4.78 is 15.7. The summed E-state index contributed by atoms with van der Waals surface area (Å²) in [6.45, 7) is 1.68. The third-order valence-corrected chi connectivity index (χ3v) is 3.28. The second-order valence-corrected chi connectivity index (χ2v) is 4.73. The van der Waals surface area contributed by atoms with Gasteiger partial charge in [-0.3, -0.25) is 9.59 Å². The van der Waals surface area contributed by atoms with E-state index in [2.05, 4.69) is 0 Å². The van der Waals surface area contributed by atoms with E-state index in [1.165, 1.54) is 26.4 Å². The van der Waals surface area contributed by atoms with Gasteiger partial charge in [0, 0.05) is 18.1 Å². The third-order valence-electron chi connectivity index (χ3n) is 3.28. The highest BCUT2D eigenvalue weighted by molar-refractivity contribution is 6.11. The molecule has 0 amide bonds. The molecule has 23 heavy (non-hydrogen) atoms. The Balaban J connectivity index is 2.54. The first-order valence-corrected chi connectivity index (χ1v) is 7.17. The average molecular weight is 314 g/mol. The third kappa shape index (κ3) is 3.69. The SMILES string of the molecule is CCC(=O)Oc1cc(OC)c(OC)cc1C(=O)c1ccccc1. The number of hydrogen-bond acceptors (Lipinski definition) is 5. The monoisotopic (exact) mass is 314 g/mol. The maximum absolute atomic E-state index is 12.7. The van der Waals surface area contributed by atoms with E-state index in [0.29, 0.717) is 17.1 Å². The van der Waals surface area contributed by atoms with E-state index in [4.69, 9.17) is 14.2 Å². The first-order valence-electron chi connectivity index (χ1n) is 7.17. The summed E-state index contributed by atoms with van der Waals surface area (Å²) in [7, 11) is 2.95. The predicted octanol–water partition coefficient (Wildman–Crippen LogP) is 3.25. The predicted molar refractivity (Wildman–Crippen MR) is 85.3 cm³/mol. The highest BCUT2D eigenvalue weighted by Crippen LogP contribution is 2.36. The minimum absolute atomic E-state index is 0.156. The molecule has 0 bridgehead atoms. The molecule has 0 spiro atoms. The molecule has 0 aliphatic carbocycles. The Labute approximate surface area is 134 Å². The molecule has 0 aliphatic rings. The molecule has 120 valence electrons. The van der Waals surface area contributed by atoms with Crippen molar-refractivity contribution in [2.24, 2.45) is 0 Å². The maximum Gasteiger partial charge on any atom is 0.310 e. The normalized spacial score (nSPS) is 10.0. The number of ether oxygens (including phenoxy) is 3. The van der Waals surface area contributed by atoms with Gasteiger partial charge in [0.05, 0.1) is 19.8 Å². The molecule has 0 fully saturated rings. The van der Waals surface area contributed by atoms with Crippen molar-refractivity contribution < 1.29 is 23.8 Å². The highest BCUT2D eigenvalue weighted by Gasteiger charge is 2.20. The van der Waals surface area contributed by atoms with Gasteiger partial charge in [-0.2, -0.15) is 0 Å². The molecular weight excluding hydrogens is 296 g/mol. The Bertz CT molecular complexity index is 707. The molecule has 0 N–H and O–H groups in total. The Hall–Kier alpha value is -2.82. The fourth-order valence-electron chi connectivity index (χ4n) is 2.06. The molecule has 0 saturated heterocycles. The first-order chi connectivity index (χ1) is 11.1. The topological polar surface area (TPSA) is 61.8 Å². The van der Waals surface area contributed by atoms with Crippen LogP contribution in [0.15, 0.2) is 42.5 Å². The van der Waals surface area contributed by atoms with Crippen LogP contribution in [0, 0.1) is 0 Å². The zero-order valence-corrected chi connectivity index (χ0v) is 13.3. The summed E-state index contributed by atoms with van der Waals surface area (Å²) in [6, 6.07) is 11.8. The smallest absolute Gasteiger partial charge is 0.310 e. The minimum Gasteiger partial charge on any atom is -0.493 e. The van der Waals surface area contributed by atoms with Crippen molar-refractivity contribution in [1.29, 1.82) is 0 Å². The Morgan fingerprint density at radius 2 is 1.52 bits per heavy atom. The Morgan fingerprint density at radius 3 is 2.09 bits per heavy atom. The van der Waals surface area contributed by atoms with E-state index in [1.54, 1.807) is 31.2 Å². The van der Waals surface area contributed by atoms with Gasteiger partial charge in [-0.05, 0) is 6.07 Å². The van der Waals surface area contributed by atoms with Crippen LogP contribution in [-0.4, -0.2) is 26.0 Å². The van der Waals surface area contributed by atoms with Crippen LogP contribution >= 0.6 is 0 Å². The zero-order valence-electron chi connectivity index (χ0n) is 13.3. The number of carbonyl (C=O) groups excluding carboxylic acids is 2. The van der Waals surface area contributed by atoms with Crippen molar-refractivity contribution in [3.8, 4) is 17.2 Å². The van der Waals surface area contributed by atoms with Gasteiger partial charge in [0.15, 0.2) is 17.3 Å². The van der Waals surface area contributed by atoms with E-state index in [-0.39, 0.29) is 23.5 Å². The first kappa shape index (κ1) is 16.5. The van der Waals surface area contributed by atoms with E-state index < -0.39 is 5.97 Å². The molecular formula is C18H18O5. The van der Waals surface area contributed by atoms with Crippen LogP contribution < -0.4 is 14.2 Å². The van der Waals surface area contributed by atoms with Gasteiger partial charge in [0.1, 0.15) is 5.75 Å². The van der Waals surface area contributed by atoms with Gasteiger partial charge in [-0.1, -0.05) is 37.3 Å². The lowest BCUT2D eigenvalue weighted by Gasteiger charge is -2.14. The molecule has 5 heteroatoms. The lowest BCUT2D eigenvalue weighted by molar-refractivity contribution is -0.134. The van der Waals surface area contributed by atoms with Crippen molar-refractivity contribution in [3.63, 3.8) is 0 Å². The molecule has 0 radical (unpaired) electrons. The summed E-state index contributed by atoms with van der Waals surface area (Å²) in [5.41, 5.74) is 0.740. The van der Waals surface area contributed by atoms with Crippen molar-refractivity contribution in [2.75, 3.05) is 14.2 Å². The van der Waals surface area contributed by atoms with Crippen molar-refractivity contribution in [3.05, 3.63) is 53.6 Å². The van der Waals surface area contributed by atoms with Crippen LogP contribution in [-0.2, 0) is 4.79 Å². The lowest BCUT2D eigenvalue weighted by atomic mass is 10.0. The number of benzene rings is 2. The van der Waals surface area contributed by atoms with Gasteiger partial charge < -0.3 is 14.2 Å². The number of ketones is 1. The molecule has 0 aliphatic heterocycles. The molecule has 0 heterocycles. The van der Waals surface area contributed by atoms with Crippen LogP contribution in [0.4, 0.5) is 0 Å². The molecule has 0 saturated carbocycles. The maximum atomic E-state index is 12.7. The number of esters is 1. The molecule has 5 nitrogen and oxygen atoms in total. The van der Waals surface area contributed by atoms with Crippen LogP contribution in [0.2, 0.25) is 0 Å². The van der Waals surface area contributed by atoms with Gasteiger partial charge in [0.25, 0.3) is 0 Å². The van der Waals surface area contributed by atoms with Crippen molar-refractivity contribution >= 4 is 11.8 Å². The fourth-order valence-corrected chi connectivity index (χ4v) is 2.06. The van der Waals surface area contributed by atoms with Crippen LogP contribution in [0.1, 0.15) is 29.3 Å². The molecule has 2 aromatic rings. The second-order valence-electron chi connectivity index (χ2n) is 4.73. The number of hydrogen-bond donors (Lipinski definition) is 0. The molecule has 0 atom stereocenters. The van der Waals surface area contributed by atoms with Crippen LogP contribution in [0.5, 0.6) is 17.2 Å². The molecule has 2 aromatic carbocycles. The standard InChI is InChI=1S/C18H18O5/c1-4-17(19)23-14-11-16(22-3)15(21-2)10-13(14)18(20)12-8-6-5-7-9-12/h5-11H,4H2,1-3H3. The number of rotatable bonds is 6. The molecule has 0 aromatic heterocycles. The largest absolute Gasteiger partial charge is 0.493 e. The van der Waals surface area contributed by atoms with Gasteiger partial charge in [0.2, 0.25) is 0 Å². The summed E-state index contributed by atoms with van der Waals surface area (Å²) in [6.07, 6.45) is 0.202. The Kier molecular flexibility index (Phi) is 5.36. The molecule has 2 rings (SSSR count). The second kappa shape index (κ2) is 7.45. The van der Waals surface area contributed by atoms with Crippen molar-refractivity contribution in [2.45, 2.75) is 13.3 Å². The van der Waals surface area contributed by atoms with E-state index in [9.17, 15) is 9.59 Å². The van der Waals surface area contributed by atoms with E-state index >= 15 is 0 Å². The number of methoxy groups -OCH3 is 2. The average Bonchev–Trinajstić information content (AvgIpc) is 2.61. The molecule has 0 unspecified atom stereocenters. The summed E-state index contributed by atoms with van der Waals surface area (Å²) >= 11 is 0.